The molecule has 9 heteroatoms. The highest BCUT2D eigenvalue weighted by atomic mass is 32.2. The number of nitrogens with zero attached hydrogens (tertiary/aromatic N) is 2. The number of carbonyl (C=O) groups is 2. The van der Waals surface area contributed by atoms with E-state index in [0.717, 1.165) is 33.8 Å². The van der Waals surface area contributed by atoms with E-state index >= 15 is 0 Å². The summed E-state index contributed by atoms with van der Waals surface area (Å²) in [6.07, 6.45) is 0. The number of anilines is 1. The van der Waals surface area contributed by atoms with Gasteiger partial charge in [0.25, 0.3) is 5.56 Å². The topological polar surface area (TPSA) is 106 Å². The number of aryl methyl sites for hydroxylation is 2. The van der Waals surface area contributed by atoms with Gasteiger partial charge < -0.3 is 15.0 Å². The van der Waals surface area contributed by atoms with Crippen molar-refractivity contribution in [3.8, 4) is 5.69 Å². The third kappa shape index (κ3) is 4.80. The molecule has 0 fully saturated rings. The van der Waals surface area contributed by atoms with E-state index in [9.17, 15) is 14.4 Å². The van der Waals surface area contributed by atoms with Crippen LogP contribution in [0, 0.1) is 13.8 Å². The third-order valence-electron chi connectivity index (χ3n) is 6.13. The number of fused-ring (bicyclic) bond motifs is 3. The van der Waals surface area contributed by atoms with Crippen LogP contribution in [0.15, 0.2) is 76.7 Å². The molecular weight excluding hydrogens is 500 g/mol. The quantitative estimate of drug-likeness (QED) is 0.167. The third-order valence-corrected chi connectivity index (χ3v) is 7.07. The fourth-order valence-electron chi connectivity index (χ4n) is 4.31. The smallest absolute Gasteiger partial charge is 0.340 e. The van der Waals surface area contributed by atoms with E-state index in [1.165, 1.54) is 0 Å². The number of thioether (sulfide) groups is 1. The lowest BCUT2D eigenvalue weighted by Gasteiger charge is -2.15. The van der Waals surface area contributed by atoms with Gasteiger partial charge >= 0.3 is 5.97 Å². The van der Waals surface area contributed by atoms with E-state index in [2.05, 4.69) is 10.3 Å². The Bertz CT molecular complexity index is 1760. The predicted molar refractivity (Wildman–Crippen MR) is 150 cm³/mol. The summed E-state index contributed by atoms with van der Waals surface area (Å²) < 4.78 is 6.66. The Morgan fingerprint density at radius 2 is 1.82 bits per heavy atom. The maximum atomic E-state index is 13.8. The molecule has 0 unspecified atom stereocenters. The number of aromatic amines is 1. The molecule has 0 saturated carbocycles. The van der Waals surface area contributed by atoms with Crippen molar-refractivity contribution in [3.63, 3.8) is 0 Å². The van der Waals surface area contributed by atoms with Crippen molar-refractivity contribution >= 4 is 51.3 Å². The lowest BCUT2D eigenvalue weighted by atomic mass is 10.1. The van der Waals surface area contributed by atoms with Crippen molar-refractivity contribution in [3.05, 3.63) is 93.8 Å². The van der Waals surface area contributed by atoms with Crippen molar-refractivity contribution in [1.82, 2.24) is 14.5 Å². The van der Waals surface area contributed by atoms with Crippen LogP contribution in [0.5, 0.6) is 0 Å². The largest absolute Gasteiger partial charge is 0.462 e. The molecule has 2 N–H and O–H groups in total. The zero-order valence-corrected chi connectivity index (χ0v) is 22.0. The van der Waals surface area contributed by atoms with Gasteiger partial charge in [0.05, 0.1) is 29.3 Å². The second-order valence-electron chi connectivity index (χ2n) is 8.82. The van der Waals surface area contributed by atoms with E-state index in [-0.39, 0.29) is 29.4 Å². The first-order valence-electron chi connectivity index (χ1n) is 12.2. The summed E-state index contributed by atoms with van der Waals surface area (Å²) in [5.41, 5.74) is 4.79. The normalized spacial score (nSPS) is 11.1. The van der Waals surface area contributed by atoms with Crippen LogP contribution in [0.2, 0.25) is 0 Å². The molecule has 8 nitrogen and oxygen atoms in total. The molecule has 0 radical (unpaired) electrons. The maximum Gasteiger partial charge on any atom is 0.340 e. The highest BCUT2D eigenvalue weighted by Gasteiger charge is 2.20. The molecule has 0 saturated heterocycles. The van der Waals surface area contributed by atoms with Gasteiger partial charge in [-0.3, -0.25) is 14.2 Å². The number of hydrogen-bond donors (Lipinski definition) is 2. The molecule has 3 aromatic carbocycles. The number of carbonyl (C=O) groups excluding carboxylic acids is 2. The number of esters is 1. The zero-order valence-electron chi connectivity index (χ0n) is 21.2. The predicted octanol–water partition coefficient (Wildman–Crippen LogP) is 5.39. The summed E-state index contributed by atoms with van der Waals surface area (Å²) >= 11 is 1.16. The van der Waals surface area contributed by atoms with E-state index in [1.807, 2.05) is 56.3 Å². The van der Waals surface area contributed by atoms with E-state index in [1.54, 1.807) is 35.8 Å². The lowest BCUT2D eigenvalue weighted by Crippen LogP contribution is -2.24. The molecule has 0 spiro atoms. The molecule has 5 rings (SSSR count). The van der Waals surface area contributed by atoms with Gasteiger partial charge in [0.1, 0.15) is 11.0 Å². The number of aromatic nitrogens is 3. The monoisotopic (exact) mass is 526 g/mol. The highest BCUT2D eigenvalue weighted by molar-refractivity contribution is 7.99. The first kappa shape index (κ1) is 25.3. The fraction of sp³-hybridized carbons (Fsp3) is 0.172. The summed E-state index contributed by atoms with van der Waals surface area (Å²) in [5.74, 6) is -0.874. The van der Waals surface area contributed by atoms with E-state index < -0.39 is 5.97 Å². The van der Waals surface area contributed by atoms with Crippen LogP contribution in [0.3, 0.4) is 0 Å². The fourth-order valence-corrected chi connectivity index (χ4v) is 5.11. The van der Waals surface area contributed by atoms with Crippen molar-refractivity contribution in [2.24, 2.45) is 0 Å². The summed E-state index contributed by atoms with van der Waals surface area (Å²) in [7, 11) is 0. The molecule has 2 aromatic heterocycles. The van der Waals surface area contributed by atoms with Crippen LogP contribution >= 0.6 is 11.8 Å². The maximum absolute atomic E-state index is 13.8. The first-order valence-corrected chi connectivity index (χ1v) is 13.2. The Balaban J connectivity index is 1.53. The van der Waals surface area contributed by atoms with E-state index in [4.69, 9.17) is 9.72 Å². The molecule has 38 heavy (non-hydrogen) atoms. The van der Waals surface area contributed by atoms with Crippen molar-refractivity contribution in [2.75, 3.05) is 17.7 Å². The number of para-hydroxylation sites is 2. The van der Waals surface area contributed by atoms with Crippen molar-refractivity contribution < 1.29 is 14.3 Å². The first-order chi connectivity index (χ1) is 18.4. The Labute approximate surface area is 223 Å². The van der Waals surface area contributed by atoms with Gasteiger partial charge in [0, 0.05) is 10.9 Å². The van der Waals surface area contributed by atoms with E-state index in [0.29, 0.717) is 27.6 Å². The Kier molecular flexibility index (Phi) is 7.02. The summed E-state index contributed by atoms with van der Waals surface area (Å²) in [5, 5.41) is 4.03. The van der Waals surface area contributed by atoms with Gasteiger partial charge in [0.2, 0.25) is 5.91 Å². The summed E-state index contributed by atoms with van der Waals surface area (Å²) in [6, 6.07) is 20.2. The van der Waals surface area contributed by atoms with Gasteiger partial charge in [-0.15, -0.1) is 0 Å². The lowest BCUT2D eigenvalue weighted by molar-refractivity contribution is -0.113. The number of nitrogens with one attached hydrogen (secondary N) is 2. The molecular formula is C29H26N4O4S. The second kappa shape index (κ2) is 10.5. The second-order valence-corrected chi connectivity index (χ2v) is 9.76. The number of rotatable bonds is 7. The SMILES string of the molecule is CCOC(=O)c1ccccc1NC(=O)CSc1nc2c([nH]c3ccccc32)c(=O)n1-c1cc(C)ccc1C. The number of benzene rings is 3. The van der Waals surface area contributed by atoms with Crippen molar-refractivity contribution in [1.29, 1.82) is 0 Å². The van der Waals surface area contributed by atoms with Crippen LogP contribution in [-0.4, -0.2) is 38.8 Å². The van der Waals surface area contributed by atoms with Crippen LogP contribution in [0.4, 0.5) is 5.69 Å². The van der Waals surface area contributed by atoms with Gasteiger partial charge in [-0.1, -0.05) is 54.2 Å². The minimum atomic E-state index is -0.508. The number of ether oxygens (including phenoxy) is 1. The Morgan fingerprint density at radius 3 is 2.63 bits per heavy atom. The van der Waals surface area contributed by atoms with Crippen LogP contribution < -0.4 is 10.9 Å². The average molecular weight is 527 g/mol. The van der Waals surface area contributed by atoms with Crippen molar-refractivity contribution in [2.45, 2.75) is 25.9 Å². The molecule has 0 atom stereocenters. The molecule has 0 bridgehead atoms. The highest BCUT2D eigenvalue weighted by Crippen LogP contribution is 2.28. The molecule has 0 aliphatic heterocycles. The number of hydrogen-bond acceptors (Lipinski definition) is 6. The molecule has 0 aliphatic carbocycles. The minimum Gasteiger partial charge on any atom is -0.462 e. The van der Waals surface area contributed by atoms with Gasteiger partial charge in [0.15, 0.2) is 5.16 Å². The molecule has 5 aromatic rings. The van der Waals surface area contributed by atoms with Crippen LogP contribution in [0.25, 0.3) is 27.6 Å². The number of H-pyrrole nitrogens is 1. The molecule has 0 aliphatic rings. The van der Waals surface area contributed by atoms with Gasteiger partial charge in [-0.25, -0.2) is 9.78 Å². The summed E-state index contributed by atoms with van der Waals surface area (Å²) in [6.45, 7) is 5.85. The van der Waals surface area contributed by atoms with Gasteiger partial charge in [-0.05, 0) is 56.2 Å². The van der Waals surface area contributed by atoms with Crippen LogP contribution in [0.1, 0.15) is 28.4 Å². The molecule has 192 valence electrons. The standard InChI is InChI=1S/C29H26N4O4S/c1-4-37-28(36)20-10-6-8-12-22(20)30-24(34)16-38-29-32-25-19-9-5-7-11-21(19)31-26(25)27(35)33(29)23-15-17(2)13-14-18(23)3/h5-15,31H,4,16H2,1-3H3,(H,30,34). The summed E-state index contributed by atoms with van der Waals surface area (Å²) in [4.78, 5) is 47.2. The average Bonchev–Trinajstić information content (AvgIpc) is 3.29. The molecule has 1 amide bonds. The number of amides is 1. The minimum absolute atomic E-state index is 0.0255. The zero-order chi connectivity index (χ0) is 26.8. The Hall–Kier alpha value is -4.37. The molecule has 2 heterocycles. The van der Waals surface area contributed by atoms with Gasteiger partial charge in [-0.2, -0.15) is 0 Å². The Morgan fingerprint density at radius 1 is 1.05 bits per heavy atom. The van der Waals surface area contributed by atoms with Crippen LogP contribution in [-0.2, 0) is 9.53 Å².